The molecule has 0 aromatic carbocycles. The third kappa shape index (κ3) is 4.07. The van der Waals surface area contributed by atoms with Gasteiger partial charge in [-0.05, 0) is 67.0 Å². The van der Waals surface area contributed by atoms with Crippen LogP contribution in [0.1, 0.15) is 19.3 Å². The molecule has 18 heavy (non-hydrogen) atoms. The van der Waals surface area contributed by atoms with Crippen molar-refractivity contribution < 1.29 is 4.79 Å². The molecule has 0 aliphatic carbocycles. The molecule has 1 fully saturated rings. The lowest BCUT2D eigenvalue weighted by Gasteiger charge is -2.28. The summed E-state index contributed by atoms with van der Waals surface area (Å²) in [6, 6.07) is 3.68. The number of halogens is 1. The Morgan fingerprint density at radius 3 is 2.83 bits per heavy atom. The van der Waals surface area contributed by atoms with E-state index in [4.69, 9.17) is 0 Å². The van der Waals surface area contributed by atoms with E-state index >= 15 is 0 Å². The lowest BCUT2D eigenvalue weighted by molar-refractivity contribution is -0.117. The third-order valence-electron chi connectivity index (χ3n) is 3.31. The van der Waals surface area contributed by atoms with Gasteiger partial charge in [0.15, 0.2) is 0 Å². The van der Waals surface area contributed by atoms with Crippen molar-refractivity contribution in [3.63, 3.8) is 0 Å². The summed E-state index contributed by atoms with van der Waals surface area (Å²) in [6.45, 7) is 2.18. The van der Waals surface area contributed by atoms with Crippen molar-refractivity contribution in [3.05, 3.63) is 22.8 Å². The molecule has 1 aromatic heterocycles. The molecule has 1 saturated heterocycles. The second-order valence-electron chi connectivity index (χ2n) is 4.86. The molecule has 1 aliphatic heterocycles. The van der Waals surface area contributed by atoms with Crippen LogP contribution in [0.25, 0.3) is 0 Å². The molecule has 98 valence electrons. The third-order valence-corrected chi connectivity index (χ3v) is 3.78. The molecule has 0 spiro atoms. The van der Waals surface area contributed by atoms with Gasteiger partial charge in [0.1, 0.15) is 5.82 Å². The standard InChI is InChI=1S/C13H18BrN3O/c1-17-6-4-10(5-7-17)8-13(18)16-12-3-2-11(14)9-15-12/h2-3,9-10H,4-8H2,1H3,(H,15,16,18). The van der Waals surface area contributed by atoms with Crippen LogP contribution in [0, 0.1) is 5.92 Å². The number of likely N-dealkylation sites (tertiary alicyclic amines) is 1. The van der Waals surface area contributed by atoms with E-state index < -0.39 is 0 Å². The second kappa shape index (κ2) is 6.29. The maximum atomic E-state index is 11.9. The van der Waals surface area contributed by atoms with E-state index in [1.807, 2.05) is 6.07 Å². The average molecular weight is 312 g/mol. The van der Waals surface area contributed by atoms with Gasteiger partial charge in [0.05, 0.1) is 0 Å². The number of carbonyl (C=O) groups is 1. The van der Waals surface area contributed by atoms with E-state index in [9.17, 15) is 4.79 Å². The molecule has 0 unspecified atom stereocenters. The molecule has 0 saturated carbocycles. The van der Waals surface area contributed by atoms with Gasteiger partial charge in [0.2, 0.25) is 5.91 Å². The molecule has 0 atom stereocenters. The number of carbonyl (C=O) groups excluding carboxylic acids is 1. The predicted octanol–water partition coefficient (Wildman–Crippen LogP) is 2.51. The molecule has 1 amide bonds. The number of hydrogen-bond acceptors (Lipinski definition) is 3. The maximum absolute atomic E-state index is 11.9. The topological polar surface area (TPSA) is 45.2 Å². The van der Waals surface area contributed by atoms with E-state index in [0.29, 0.717) is 18.2 Å². The number of rotatable bonds is 3. The van der Waals surface area contributed by atoms with Crippen molar-refractivity contribution in [1.29, 1.82) is 0 Å². The summed E-state index contributed by atoms with van der Waals surface area (Å²) < 4.78 is 0.913. The highest BCUT2D eigenvalue weighted by atomic mass is 79.9. The highest BCUT2D eigenvalue weighted by Gasteiger charge is 2.19. The van der Waals surface area contributed by atoms with Crippen LogP contribution in [-0.2, 0) is 4.79 Å². The summed E-state index contributed by atoms with van der Waals surface area (Å²) >= 11 is 3.32. The fourth-order valence-electron chi connectivity index (χ4n) is 2.17. The lowest BCUT2D eigenvalue weighted by atomic mass is 9.93. The fraction of sp³-hybridized carbons (Fsp3) is 0.538. The Bertz CT molecular complexity index is 399. The summed E-state index contributed by atoms with van der Waals surface area (Å²) in [6.07, 6.45) is 4.51. The number of anilines is 1. The first-order valence-electron chi connectivity index (χ1n) is 6.23. The predicted molar refractivity (Wildman–Crippen MR) is 75.4 cm³/mol. The van der Waals surface area contributed by atoms with Crippen molar-refractivity contribution in [2.45, 2.75) is 19.3 Å². The summed E-state index contributed by atoms with van der Waals surface area (Å²) in [4.78, 5) is 18.3. The summed E-state index contributed by atoms with van der Waals surface area (Å²) in [5, 5.41) is 2.84. The molecule has 2 rings (SSSR count). The van der Waals surface area contributed by atoms with E-state index in [0.717, 1.165) is 30.4 Å². The molecule has 5 heteroatoms. The average Bonchev–Trinajstić information content (AvgIpc) is 2.35. The summed E-state index contributed by atoms with van der Waals surface area (Å²) in [5.74, 6) is 1.20. The van der Waals surface area contributed by atoms with Gasteiger partial charge in [-0.1, -0.05) is 0 Å². The molecular formula is C13H18BrN3O. The van der Waals surface area contributed by atoms with Crippen molar-refractivity contribution >= 4 is 27.7 Å². The zero-order valence-corrected chi connectivity index (χ0v) is 12.1. The van der Waals surface area contributed by atoms with Crippen molar-refractivity contribution in [2.24, 2.45) is 5.92 Å². The van der Waals surface area contributed by atoms with Crippen molar-refractivity contribution in [1.82, 2.24) is 9.88 Å². The molecule has 0 bridgehead atoms. The number of hydrogen-bond donors (Lipinski definition) is 1. The van der Waals surface area contributed by atoms with Gasteiger partial charge in [0.25, 0.3) is 0 Å². The van der Waals surface area contributed by atoms with Gasteiger partial charge in [-0.3, -0.25) is 4.79 Å². The van der Waals surface area contributed by atoms with E-state index in [1.54, 1.807) is 12.3 Å². The first-order chi connectivity index (χ1) is 8.63. The smallest absolute Gasteiger partial charge is 0.225 e. The molecule has 0 radical (unpaired) electrons. The number of aromatic nitrogens is 1. The van der Waals surface area contributed by atoms with Gasteiger partial charge >= 0.3 is 0 Å². The SMILES string of the molecule is CN1CCC(CC(=O)Nc2ccc(Br)cn2)CC1. The Morgan fingerprint density at radius 1 is 1.50 bits per heavy atom. The monoisotopic (exact) mass is 311 g/mol. The number of piperidine rings is 1. The summed E-state index contributed by atoms with van der Waals surface area (Å²) in [5.41, 5.74) is 0. The van der Waals surface area contributed by atoms with E-state index in [1.165, 1.54) is 0 Å². The Balaban J connectivity index is 1.80. The number of pyridine rings is 1. The van der Waals surface area contributed by atoms with Crippen LogP contribution in [0.3, 0.4) is 0 Å². The van der Waals surface area contributed by atoms with Gasteiger partial charge in [-0.2, -0.15) is 0 Å². The van der Waals surface area contributed by atoms with Gasteiger partial charge < -0.3 is 10.2 Å². The number of nitrogens with zero attached hydrogens (tertiary/aromatic N) is 2. The largest absolute Gasteiger partial charge is 0.311 e. The highest BCUT2D eigenvalue weighted by molar-refractivity contribution is 9.10. The van der Waals surface area contributed by atoms with Crippen LogP contribution in [0.4, 0.5) is 5.82 Å². The summed E-state index contributed by atoms with van der Waals surface area (Å²) in [7, 11) is 2.13. The second-order valence-corrected chi connectivity index (χ2v) is 5.78. The number of nitrogens with one attached hydrogen (secondary N) is 1. The van der Waals surface area contributed by atoms with E-state index in [-0.39, 0.29) is 5.91 Å². The molecule has 2 heterocycles. The number of amides is 1. The minimum Gasteiger partial charge on any atom is -0.311 e. The molecule has 1 N–H and O–H groups in total. The minimum absolute atomic E-state index is 0.0689. The van der Waals surface area contributed by atoms with Crippen LogP contribution in [0.15, 0.2) is 22.8 Å². The van der Waals surface area contributed by atoms with Crippen LogP contribution >= 0.6 is 15.9 Å². The first kappa shape index (κ1) is 13.5. The molecule has 1 aromatic rings. The molecule has 1 aliphatic rings. The maximum Gasteiger partial charge on any atom is 0.225 e. The molecular weight excluding hydrogens is 294 g/mol. The van der Waals surface area contributed by atoms with Gasteiger partial charge in [-0.25, -0.2) is 4.98 Å². The van der Waals surface area contributed by atoms with Crippen molar-refractivity contribution in [2.75, 3.05) is 25.5 Å². The Morgan fingerprint density at radius 2 is 2.22 bits per heavy atom. The van der Waals surface area contributed by atoms with Gasteiger partial charge in [0, 0.05) is 17.1 Å². The van der Waals surface area contributed by atoms with Crippen LogP contribution in [-0.4, -0.2) is 35.9 Å². The van der Waals surface area contributed by atoms with Crippen LogP contribution in [0.5, 0.6) is 0 Å². The first-order valence-corrected chi connectivity index (χ1v) is 7.03. The Labute approximate surface area is 116 Å². The Kier molecular flexibility index (Phi) is 4.72. The van der Waals surface area contributed by atoms with Gasteiger partial charge in [-0.15, -0.1) is 0 Å². The van der Waals surface area contributed by atoms with Crippen LogP contribution in [0.2, 0.25) is 0 Å². The quantitative estimate of drug-likeness (QED) is 0.933. The zero-order chi connectivity index (χ0) is 13.0. The molecule has 4 nitrogen and oxygen atoms in total. The van der Waals surface area contributed by atoms with Crippen LogP contribution < -0.4 is 5.32 Å². The normalized spacial score (nSPS) is 17.7. The van der Waals surface area contributed by atoms with Crippen molar-refractivity contribution in [3.8, 4) is 0 Å². The highest BCUT2D eigenvalue weighted by Crippen LogP contribution is 2.20. The lowest BCUT2D eigenvalue weighted by Crippen LogP contribution is -2.32. The van der Waals surface area contributed by atoms with E-state index in [2.05, 4.69) is 38.2 Å². The minimum atomic E-state index is 0.0689. The zero-order valence-electron chi connectivity index (χ0n) is 10.5. The fourth-order valence-corrected chi connectivity index (χ4v) is 2.41. The Hall–Kier alpha value is -0.940.